The molecule has 0 amide bonds. The number of halogens is 3. The first kappa shape index (κ1) is 13.7. The highest BCUT2D eigenvalue weighted by Crippen LogP contribution is 2.16. The molecule has 15 heavy (non-hydrogen) atoms. The summed E-state index contributed by atoms with van der Waals surface area (Å²) in [6.45, 7) is -0.155. The van der Waals surface area contributed by atoms with Crippen LogP contribution in [0.4, 0.5) is 13.2 Å². The smallest absolute Gasteiger partial charge is 0.422 e. The lowest BCUT2D eigenvalue weighted by molar-refractivity contribution is -0.187. The number of esters is 1. The van der Waals surface area contributed by atoms with Gasteiger partial charge in [-0.2, -0.15) is 13.2 Å². The van der Waals surface area contributed by atoms with Crippen molar-refractivity contribution in [2.45, 2.75) is 25.9 Å². The van der Waals surface area contributed by atoms with Gasteiger partial charge in [0, 0.05) is 0 Å². The third-order valence-electron chi connectivity index (χ3n) is 1.65. The largest absolute Gasteiger partial charge is 0.481 e. The van der Waals surface area contributed by atoms with E-state index >= 15 is 0 Å². The Balaban J connectivity index is 3.98. The molecule has 0 fully saturated rings. The van der Waals surface area contributed by atoms with Crippen molar-refractivity contribution in [3.8, 4) is 0 Å². The van der Waals surface area contributed by atoms with Crippen LogP contribution in [0.2, 0.25) is 0 Å². The number of aliphatic carboxylic acids is 1. The van der Waals surface area contributed by atoms with E-state index in [-0.39, 0.29) is 6.42 Å². The monoisotopic (exact) mass is 228 g/mol. The van der Waals surface area contributed by atoms with E-state index in [1.807, 2.05) is 0 Å². The molecular weight excluding hydrogens is 217 g/mol. The molecule has 0 spiro atoms. The third-order valence-corrected chi connectivity index (χ3v) is 1.65. The highest BCUT2D eigenvalue weighted by atomic mass is 19.4. The molecule has 0 saturated heterocycles. The number of hydrogen-bond donors (Lipinski definition) is 1. The van der Waals surface area contributed by atoms with Gasteiger partial charge < -0.3 is 9.84 Å². The normalized spacial score (nSPS) is 13.3. The second-order valence-corrected chi connectivity index (χ2v) is 2.92. The van der Waals surface area contributed by atoms with E-state index in [4.69, 9.17) is 5.11 Å². The Hall–Kier alpha value is -1.27. The van der Waals surface area contributed by atoms with Crippen molar-refractivity contribution >= 4 is 11.9 Å². The van der Waals surface area contributed by atoms with Gasteiger partial charge in [0.2, 0.25) is 0 Å². The van der Waals surface area contributed by atoms with Crippen LogP contribution < -0.4 is 0 Å². The third kappa shape index (κ3) is 6.75. The van der Waals surface area contributed by atoms with Crippen molar-refractivity contribution in [1.29, 1.82) is 0 Å². The molecule has 0 aliphatic heterocycles. The summed E-state index contributed by atoms with van der Waals surface area (Å²) in [4.78, 5) is 21.2. The van der Waals surface area contributed by atoms with E-state index in [2.05, 4.69) is 4.74 Å². The van der Waals surface area contributed by atoms with Crippen molar-refractivity contribution < 1.29 is 32.6 Å². The van der Waals surface area contributed by atoms with Crippen LogP contribution in [0.5, 0.6) is 0 Å². The van der Waals surface area contributed by atoms with Gasteiger partial charge in [0.1, 0.15) is 0 Å². The lowest BCUT2D eigenvalue weighted by Crippen LogP contribution is -2.23. The van der Waals surface area contributed by atoms with Crippen LogP contribution in [0.3, 0.4) is 0 Å². The van der Waals surface area contributed by atoms with Crippen LogP contribution in [-0.2, 0) is 14.3 Å². The minimum Gasteiger partial charge on any atom is -0.481 e. The number of rotatable bonds is 5. The summed E-state index contributed by atoms with van der Waals surface area (Å²) in [6, 6.07) is 0. The summed E-state index contributed by atoms with van der Waals surface area (Å²) in [6.07, 6.45) is -4.96. The Labute approximate surface area is 84.0 Å². The molecular formula is C8H11F3O4. The topological polar surface area (TPSA) is 63.6 Å². The van der Waals surface area contributed by atoms with E-state index in [0.717, 1.165) is 0 Å². The van der Waals surface area contributed by atoms with Gasteiger partial charge in [0.05, 0.1) is 12.3 Å². The van der Waals surface area contributed by atoms with Gasteiger partial charge in [0.15, 0.2) is 6.61 Å². The van der Waals surface area contributed by atoms with E-state index < -0.39 is 37.1 Å². The fourth-order valence-electron chi connectivity index (χ4n) is 0.829. The zero-order chi connectivity index (χ0) is 12.1. The van der Waals surface area contributed by atoms with Crippen LogP contribution in [0.1, 0.15) is 19.8 Å². The molecule has 88 valence electrons. The standard InChI is InChI=1S/C8H11F3O4/c1-2-5(7(13)14)3-6(12)15-4-8(9,10)11/h5H,2-4H2,1H3,(H,13,14)/t5-/m1/s1. The van der Waals surface area contributed by atoms with E-state index in [1.54, 1.807) is 0 Å². The maximum Gasteiger partial charge on any atom is 0.422 e. The first-order chi connectivity index (χ1) is 6.76. The molecule has 0 radical (unpaired) electrons. The van der Waals surface area contributed by atoms with Crippen LogP contribution in [0, 0.1) is 5.92 Å². The quantitative estimate of drug-likeness (QED) is 0.726. The summed E-state index contributed by atoms with van der Waals surface area (Å²) >= 11 is 0. The second kappa shape index (κ2) is 5.57. The summed E-state index contributed by atoms with van der Waals surface area (Å²) in [5.41, 5.74) is 0. The minimum atomic E-state index is -4.58. The summed E-state index contributed by atoms with van der Waals surface area (Å²) in [5.74, 6) is -3.37. The van der Waals surface area contributed by atoms with Crippen LogP contribution >= 0.6 is 0 Å². The van der Waals surface area contributed by atoms with E-state index in [1.165, 1.54) is 6.92 Å². The Kier molecular flexibility index (Phi) is 5.10. The molecule has 1 N–H and O–H groups in total. The molecule has 0 heterocycles. The fourth-order valence-corrected chi connectivity index (χ4v) is 0.829. The first-order valence-electron chi connectivity index (χ1n) is 4.21. The van der Waals surface area contributed by atoms with Gasteiger partial charge in [-0.05, 0) is 6.42 Å². The predicted octanol–water partition coefficient (Wildman–Crippen LogP) is 1.59. The van der Waals surface area contributed by atoms with Gasteiger partial charge in [-0.1, -0.05) is 6.92 Å². The van der Waals surface area contributed by atoms with E-state index in [9.17, 15) is 22.8 Å². The van der Waals surface area contributed by atoms with Crippen LogP contribution in [-0.4, -0.2) is 29.8 Å². The number of alkyl halides is 3. The molecule has 4 nitrogen and oxygen atoms in total. The molecule has 0 saturated carbocycles. The Bertz CT molecular complexity index is 237. The highest BCUT2D eigenvalue weighted by Gasteiger charge is 2.30. The minimum absolute atomic E-state index is 0.163. The Morgan fingerprint density at radius 3 is 2.27 bits per heavy atom. The zero-order valence-corrected chi connectivity index (χ0v) is 8.00. The van der Waals surface area contributed by atoms with Gasteiger partial charge in [-0.3, -0.25) is 9.59 Å². The van der Waals surface area contributed by atoms with Gasteiger partial charge >= 0.3 is 18.1 Å². The predicted molar refractivity (Wildman–Crippen MR) is 43.0 cm³/mol. The van der Waals surface area contributed by atoms with Crippen LogP contribution in [0.25, 0.3) is 0 Å². The summed E-state index contributed by atoms with van der Waals surface area (Å²) < 4.78 is 38.7. The lowest BCUT2D eigenvalue weighted by Gasteiger charge is -2.10. The average Bonchev–Trinajstić information content (AvgIpc) is 2.09. The van der Waals surface area contributed by atoms with Crippen molar-refractivity contribution in [2.24, 2.45) is 5.92 Å². The number of carboxylic acids is 1. The fraction of sp³-hybridized carbons (Fsp3) is 0.750. The molecule has 0 aromatic heterocycles. The number of ether oxygens (including phenoxy) is 1. The summed E-state index contributed by atoms with van der Waals surface area (Å²) in [5, 5.41) is 8.52. The summed E-state index contributed by atoms with van der Waals surface area (Å²) in [7, 11) is 0. The molecule has 0 bridgehead atoms. The van der Waals surface area contributed by atoms with Crippen molar-refractivity contribution in [3.05, 3.63) is 0 Å². The number of carbonyl (C=O) groups excluding carboxylic acids is 1. The highest BCUT2D eigenvalue weighted by molar-refractivity contribution is 5.78. The molecule has 0 unspecified atom stereocenters. The van der Waals surface area contributed by atoms with Crippen molar-refractivity contribution in [2.75, 3.05) is 6.61 Å². The molecule has 0 aliphatic carbocycles. The molecule has 0 aromatic carbocycles. The van der Waals surface area contributed by atoms with Gasteiger partial charge in [-0.15, -0.1) is 0 Å². The molecule has 0 aliphatic rings. The zero-order valence-electron chi connectivity index (χ0n) is 8.00. The van der Waals surface area contributed by atoms with Gasteiger partial charge in [0.25, 0.3) is 0 Å². The SMILES string of the molecule is CC[C@H](CC(=O)OCC(F)(F)F)C(=O)O. The number of carboxylic acid groups (broad SMARTS) is 1. The number of hydrogen-bond acceptors (Lipinski definition) is 3. The van der Waals surface area contributed by atoms with Crippen LogP contribution in [0.15, 0.2) is 0 Å². The second-order valence-electron chi connectivity index (χ2n) is 2.92. The van der Waals surface area contributed by atoms with E-state index in [0.29, 0.717) is 0 Å². The molecule has 0 aromatic rings. The Morgan fingerprint density at radius 1 is 1.40 bits per heavy atom. The molecule has 1 atom stereocenters. The van der Waals surface area contributed by atoms with Gasteiger partial charge in [-0.25, -0.2) is 0 Å². The molecule has 7 heteroatoms. The van der Waals surface area contributed by atoms with Crippen molar-refractivity contribution in [1.82, 2.24) is 0 Å². The van der Waals surface area contributed by atoms with Crippen molar-refractivity contribution in [3.63, 3.8) is 0 Å². The first-order valence-corrected chi connectivity index (χ1v) is 4.21. The molecule has 0 rings (SSSR count). The average molecular weight is 228 g/mol. The number of carbonyl (C=O) groups is 2. The maximum absolute atomic E-state index is 11.6. The Morgan fingerprint density at radius 2 is 1.93 bits per heavy atom. The maximum atomic E-state index is 11.6. The lowest BCUT2D eigenvalue weighted by atomic mass is 10.0.